The van der Waals surface area contributed by atoms with Crippen LogP contribution < -0.4 is 69.3 Å². The SMILES string of the molecule is C=CCCCCCCCCC(=N)[O-].C=CCCCCCCCCC(=N)[O-].[Na+].[Na+]. The molecule has 0 saturated heterocycles. The van der Waals surface area contributed by atoms with Crippen molar-refractivity contribution in [1.29, 1.82) is 10.8 Å². The summed E-state index contributed by atoms with van der Waals surface area (Å²) in [5.74, 6) is -0.849. The van der Waals surface area contributed by atoms with Gasteiger partial charge in [0.2, 0.25) is 0 Å². The molecular weight excluding hydrogens is 370 g/mol. The van der Waals surface area contributed by atoms with Crippen LogP contribution in [0, 0.1) is 10.8 Å². The van der Waals surface area contributed by atoms with Crippen LogP contribution in [0.3, 0.4) is 0 Å². The van der Waals surface area contributed by atoms with Gasteiger partial charge in [-0.3, -0.25) is 0 Å². The first-order valence-electron chi connectivity index (χ1n) is 10.2. The van der Waals surface area contributed by atoms with Crippen molar-refractivity contribution in [2.24, 2.45) is 0 Å². The van der Waals surface area contributed by atoms with E-state index in [4.69, 9.17) is 10.8 Å². The normalized spacial score (nSPS) is 9.14. The van der Waals surface area contributed by atoms with Crippen LogP contribution in [0.5, 0.6) is 0 Å². The summed E-state index contributed by atoms with van der Waals surface area (Å²) in [6.45, 7) is 7.34. The van der Waals surface area contributed by atoms with Crippen molar-refractivity contribution in [3.63, 3.8) is 0 Å². The van der Waals surface area contributed by atoms with E-state index in [2.05, 4.69) is 13.2 Å². The van der Waals surface area contributed by atoms with Crippen molar-refractivity contribution in [3.05, 3.63) is 25.3 Å². The molecular formula is C22H40N2Na2O2. The van der Waals surface area contributed by atoms with Gasteiger partial charge < -0.3 is 21.0 Å². The van der Waals surface area contributed by atoms with Gasteiger partial charge in [-0.05, 0) is 63.2 Å². The fraction of sp³-hybridized carbons (Fsp3) is 0.727. The molecule has 0 radical (unpaired) electrons. The average Bonchev–Trinajstić information content (AvgIpc) is 2.60. The fourth-order valence-electron chi connectivity index (χ4n) is 2.56. The molecule has 6 heteroatoms. The first-order valence-corrected chi connectivity index (χ1v) is 10.2. The van der Waals surface area contributed by atoms with Gasteiger partial charge in [-0.15, -0.1) is 13.2 Å². The van der Waals surface area contributed by atoms with Gasteiger partial charge in [0.25, 0.3) is 0 Å². The third-order valence-corrected chi connectivity index (χ3v) is 4.12. The maximum absolute atomic E-state index is 10.3. The second-order valence-electron chi connectivity index (χ2n) is 6.74. The Balaban J connectivity index is -0.000000192. The van der Waals surface area contributed by atoms with Gasteiger partial charge in [0, 0.05) is 0 Å². The van der Waals surface area contributed by atoms with Crippen molar-refractivity contribution in [3.8, 4) is 0 Å². The topological polar surface area (TPSA) is 93.8 Å². The van der Waals surface area contributed by atoms with Gasteiger partial charge in [0.05, 0.1) is 0 Å². The second-order valence-corrected chi connectivity index (χ2v) is 6.74. The molecule has 0 aliphatic rings. The number of hydrogen-bond acceptors (Lipinski definition) is 4. The molecule has 0 fully saturated rings. The van der Waals surface area contributed by atoms with Crippen LogP contribution >= 0.6 is 0 Å². The van der Waals surface area contributed by atoms with E-state index in [1.54, 1.807) is 0 Å². The summed E-state index contributed by atoms with van der Waals surface area (Å²) in [6, 6.07) is 0. The molecule has 0 unspecified atom stereocenters. The Labute approximate surface area is 218 Å². The smallest absolute Gasteiger partial charge is 0.862 e. The molecule has 0 aromatic heterocycles. The van der Waals surface area contributed by atoms with E-state index in [0.717, 1.165) is 38.5 Å². The predicted octanol–water partition coefficient (Wildman–Crippen LogP) is -0.730. The predicted molar refractivity (Wildman–Crippen MR) is 110 cm³/mol. The zero-order chi connectivity index (χ0) is 19.9. The Bertz CT molecular complexity index is 330. The Kier molecular flexibility index (Phi) is 41.1. The number of hydrogen-bond donors (Lipinski definition) is 2. The Morgan fingerprint density at radius 2 is 0.786 bits per heavy atom. The summed E-state index contributed by atoms with van der Waals surface area (Å²) >= 11 is 0. The minimum Gasteiger partial charge on any atom is -0.862 e. The average molecular weight is 411 g/mol. The van der Waals surface area contributed by atoms with Crippen LogP contribution in [-0.2, 0) is 0 Å². The Morgan fingerprint density at radius 3 is 1.04 bits per heavy atom. The molecule has 0 heterocycles. The maximum atomic E-state index is 10.3. The minimum atomic E-state index is -0.424. The molecule has 4 nitrogen and oxygen atoms in total. The van der Waals surface area contributed by atoms with Crippen LogP contribution in [-0.4, -0.2) is 11.8 Å². The van der Waals surface area contributed by atoms with Gasteiger partial charge in [-0.2, -0.15) is 0 Å². The van der Waals surface area contributed by atoms with Crippen molar-refractivity contribution < 1.29 is 69.3 Å². The van der Waals surface area contributed by atoms with Crippen LogP contribution in [0.1, 0.15) is 103 Å². The molecule has 152 valence electrons. The van der Waals surface area contributed by atoms with Crippen LogP contribution in [0.4, 0.5) is 0 Å². The Hall–Kier alpha value is 0.420. The van der Waals surface area contributed by atoms with Gasteiger partial charge in [0.15, 0.2) is 0 Å². The summed E-state index contributed by atoms with van der Waals surface area (Å²) in [4.78, 5) is 0. The van der Waals surface area contributed by atoms with E-state index in [1.807, 2.05) is 12.2 Å². The molecule has 0 aromatic carbocycles. The summed E-state index contributed by atoms with van der Waals surface area (Å²) in [7, 11) is 0. The zero-order valence-electron chi connectivity index (χ0n) is 18.7. The third kappa shape index (κ3) is 40.9. The van der Waals surface area contributed by atoms with E-state index in [0.29, 0.717) is 12.8 Å². The van der Waals surface area contributed by atoms with Gasteiger partial charge in [-0.1, -0.05) is 63.5 Å². The molecule has 0 saturated carbocycles. The van der Waals surface area contributed by atoms with Crippen molar-refractivity contribution in [1.82, 2.24) is 0 Å². The summed E-state index contributed by atoms with van der Waals surface area (Å²) in [6.07, 6.45) is 20.9. The number of unbranched alkanes of at least 4 members (excludes halogenated alkanes) is 12. The third-order valence-electron chi connectivity index (χ3n) is 4.12. The molecule has 0 rings (SSSR count). The molecule has 0 aromatic rings. The van der Waals surface area contributed by atoms with E-state index in [1.165, 1.54) is 51.4 Å². The quantitative estimate of drug-likeness (QED) is 0.102. The van der Waals surface area contributed by atoms with Crippen LogP contribution in [0.2, 0.25) is 0 Å². The fourth-order valence-corrected chi connectivity index (χ4v) is 2.56. The molecule has 2 N–H and O–H groups in total. The van der Waals surface area contributed by atoms with Crippen molar-refractivity contribution in [2.45, 2.75) is 103 Å². The summed E-state index contributed by atoms with van der Waals surface area (Å²) in [5, 5.41) is 33.9. The molecule has 0 aliphatic heterocycles. The number of allylic oxidation sites excluding steroid dienone is 2. The standard InChI is InChI=1S/2C11H21NO.2Na/c2*1-2-3-4-5-6-7-8-9-10-11(12)13;;/h2*2H,1,3-10H2,(H2,12,13);;/q;;2*+1/p-2. The molecule has 0 spiro atoms. The summed E-state index contributed by atoms with van der Waals surface area (Å²) < 4.78 is 0. The van der Waals surface area contributed by atoms with Gasteiger partial charge in [-0.25, -0.2) is 0 Å². The number of rotatable bonds is 18. The zero-order valence-corrected chi connectivity index (χ0v) is 22.7. The van der Waals surface area contributed by atoms with Crippen molar-refractivity contribution in [2.75, 3.05) is 0 Å². The minimum absolute atomic E-state index is 0. The number of nitrogens with one attached hydrogen (secondary N) is 2. The van der Waals surface area contributed by atoms with Crippen LogP contribution in [0.25, 0.3) is 0 Å². The van der Waals surface area contributed by atoms with E-state index >= 15 is 0 Å². The van der Waals surface area contributed by atoms with Gasteiger partial charge in [0.1, 0.15) is 0 Å². The molecule has 28 heavy (non-hydrogen) atoms. The van der Waals surface area contributed by atoms with Crippen LogP contribution in [0.15, 0.2) is 25.3 Å². The largest absolute Gasteiger partial charge is 1.00 e. The molecule has 0 atom stereocenters. The maximum Gasteiger partial charge on any atom is 1.00 e. The van der Waals surface area contributed by atoms with E-state index < -0.39 is 11.8 Å². The van der Waals surface area contributed by atoms with E-state index in [-0.39, 0.29) is 59.1 Å². The first kappa shape index (κ1) is 35.8. The Morgan fingerprint density at radius 1 is 0.536 bits per heavy atom. The van der Waals surface area contributed by atoms with E-state index in [9.17, 15) is 10.2 Å². The molecule has 0 amide bonds. The molecule has 0 bridgehead atoms. The second kappa shape index (κ2) is 32.1. The monoisotopic (exact) mass is 410 g/mol. The van der Waals surface area contributed by atoms with Gasteiger partial charge >= 0.3 is 59.1 Å². The summed E-state index contributed by atoms with van der Waals surface area (Å²) in [5.41, 5.74) is 0. The first-order chi connectivity index (χ1) is 12.5. The van der Waals surface area contributed by atoms with Crippen molar-refractivity contribution >= 4 is 11.8 Å². The molecule has 0 aliphatic carbocycles.